The van der Waals surface area contributed by atoms with Gasteiger partial charge in [0.25, 0.3) is 0 Å². The Labute approximate surface area is 102 Å². The molecule has 0 saturated carbocycles. The first-order chi connectivity index (χ1) is 2.64. The zero-order chi connectivity index (χ0) is 5.15. The third-order valence-electron chi connectivity index (χ3n) is 0.348. The molecule has 0 aromatic heterocycles. The molecule has 0 saturated heterocycles. The molecule has 0 aromatic carbocycles. The minimum absolute atomic E-state index is 0. The van der Waals surface area contributed by atoms with Crippen LogP contribution in [0.4, 0.5) is 0 Å². The van der Waals surface area contributed by atoms with E-state index in [2.05, 4.69) is 6.58 Å². The second kappa shape index (κ2) is 22.4. The van der Waals surface area contributed by atoms with E-state index < -0.39 is 5.97 Å². The van der Waals surface area contributed by atoms with Crippen molar-refractivity contribution < 1.29 is 76.9 Å². The maximum Gasteiger partial charge on any atom is 5.00 e. The van der Waals surface area contributed by atoms with Crippen LogP contribution in [0.1, 0.15) is 6.92 Å². The van der Waals surface area contributed by atoms with E-state index in [4.69, 9.17) is 0 Å². The fourth-order valence-corrected chi connectivity index (χ4v) is 0. The number of halogens is 4. The predicted molar refractivity (Wildman–Crippen MR) is 19.8 cm³/mol. The molecule has 0 N–H and O–H groups in total. The Hall–Kier alpha value is 0.902. The molecule has 0 bridgehead atoms. The van der Waals surface area contributed by atoms with Gasteiger partial charge in [0.15, 0.2) is 0 Å². The van der Waals surface area contributed by atoms with Crippen LogP contribution >= 0.6 is 0 Å². The van der Waals surface area contributed by atoms with Crippen LogP contribution in [0.3, 0.4) is 0 Å². The quantitative estimate of drug-likeness (QED) is 0.447. The summed E-state index contributed by atoms with van der Waals surface area (Å²) in [5.41, 5.74) is 0.0648. The van der Waals surface area contributed by atoms with E-state index in [0.717, 1.165) is 0 Å². The van der Waals surface area contributed by atoms with Gasteiger partial charge in [0.05, 0.1) is 5.97 Å². The van der Waals surface area contributed by atoms with E-state index in [9.17, 15) is 9.90 Å². The van der Waals surface area contributed by atoms with E-state index in [1.54, 1.807) is 0 Å². The van der Waals surface area contributed by atoms with Crippen LogP contribution in [-0.4, -0.2) is 5.97 Å². The number of hydrogen-bond donors (Lipinski definition) is 0. The molecule has 0 fully saturated rings. The number of carboxylic acids is 1. The fourth-order valence-electron chi connectivity index (χ4n) is 0. The van der Waals surface area contributed by atoms with Crippen LogP contribution in [0.15, 0.2) is 12.2 Å². The molecular formula is C4H5Cl4CrO2. The summed E-state index contributed by atoms with van der Waals surface area (Å²) in [6.07, 6.45) is 0. The number of hydrogen-bond acceptors (Lipinski definition) is 2. The molecule has 1 radical (unpaired) electrons. The van der Waals surface area contributed by atoms with Crippen molar-refractivity contribution in [3.05, 3.63) is 12.2 Å². The molecule has 0 unspecified atom stereocenters. The van der Waals surface area contributed by atoms with Gasteiger partial charge in [-0.05, 0) is 12.5 Å². The molecule has 0 atom stereocenters. The molecule has 2 nitrogen and oxygen atoms in total. The standard InChI is InChI=1S/C4H6O2.4ClH.Cr/c1-3(2)4(5)6;;;;;/h1H2,2H3,(H,5,6);4*1H;/q;;;;;+5/p-5. The third-order valence-corrected chi connectivity index (χ3v) is 0.348. The summed E-state index contributed by atoms with van der Waals surface area (Å²) in [6, 6.07) is 0. The van der Waals surface area contributed by atoms with Crippen LogP contribution < -0.4 is 54.7 Å². The van der Waals surface area contributed by atoms with Crippen LogP contribution in [0, 0.1) is 0 Å². The molecule has 0 heterocycles. The molecule has 7 heteroatoms. The zero-order valence-corrected chi connectivity index (χ0v) is 9.74. The molecule has 11 heavy (non-hydrogen) atoms. The molecule has 0 spiro atoms. The Morgan fingerprint density at radius 2 is 1.27 bits per heavy atom. The van der Waals surface area contributed by atoms with Gasteiger partial charge in [-0.25, -0.2) is 0 Å². The molecule has 0 aliphatic heterocycles. The van der Waals surface area contributed by atoms with Crippen molar-refractivity contribution >= 4 is 5.97 Å². The number of aliphatic carboxylic acids is 1. The van der Waals surface area contributed by atoms with Gasteiger partial charge in [0.1, 0.15) is 0 Å². The summed E-state index contributed by atoms with van der Waals surface area (Å²) in [7, 11) is 0. The Bertz CT molecular complexity index is 86.1. The van der Waals surface area contributed by atoms with Gasteiger partial charge in [-0.3, -0.25) is 0 Å². The van der Waals surface area contributed by atoms with E-state index in [1.807, 2.05) is 0 Å². The Balaban J connectivity index is -0.0000000125. The molecule has 0 aromatic rings. The van der Waals surface area contributed by atoms with Crippen molar-refractivity contribution in [1.29, 1.82) is 0 Å². The minimum Gasteiger partial charge on any atom is -1.00 e. The van der Waals surface area contributed by atoms with E-state index in [-0.39, 0.29) is 72.6 Å². The van der Waals surface area contributed by atoms with E-state index >= 15 is 0 Å². The minimum atomic E-state index is -1.19. The Kier molecular flexibility index (Phi) is 82.8. The number of carboxylic acid groups (broad SMARTS) is 1. The second-order valence-corrected chi connectivity index (χ2v) is 1.07. The summed E-state index contributed by atoms with van der Waals surface area (Å²) in [6.45, 7) is 4.48. The van der Waals surface area contributed by atoms with Gasteiger partial charge in [-0.2, -0.15) is 0 Å². The normalized spacial score (nSPS) is 4.09. The van der Waals surface area contributed by atoms with Gasteiger partial charge in [0.2, 0.25) is 0 Å². The summed E-state index contributed by atoms with van der Waals surface area (Å²) in [4.78, 5) is 9.49. The van der Waals surface area contributed by atoms with Crippen molar-refractivity contribution in [1.82, 2.24) is 0 Å². The molecule has 0 aliphatic rings. The van der Waals surface area contributed by atoms with E-state index in [0.29, 0.717) is 0 Å². The van der Waals surface area contributed by atoms with Crippen molar-refractivity contribution in [3.63, 3.8) is 0 Å². The molecule has 0 amide bonds. The van der Waals surface area contributed by atoms with Crippen LogP contribution in [0.25, 0.3) is 0 Å². The number of carbonyl (C=O) groups excluding carboxylic acids is 1. The topological polar surface area (TPSA) is 40.1 Å². The molecule has 0 aliphatic carbocycles. The van der Waals surface area contributed by atoms with Gasteiger partial charge >= 0.3 is 17.4 Å². The largest absolute Gasteiger partial charge is 5.00 e. The smallest absolute Gasteiger partial charge is 1.00 e. The third kappa shape index (κ3) is 36.0. The SMILES string of the molecule is C=C(C)C(=O)[O-].[Cl-].[Cl-].[Cl-].[Cl-].[Cr+5]. The summed E-state index contributed by atoms with van der Waals surface area (Å²) in [5.74, 6) is -1.19. The van der Waals surface area contributed by atoms with Gasteiger partial charge in [0, 0.05) is 0 Å². The Morgan fingerprint density at radius 3 is 1.27 bits per heavy atom. The predicted octanol–water partition coefficient (Wildman–Crippen LogP) is -12.7. The van der Waals surface area contributed by atoms with E-state index in [1.165, 1.54) is 6.92 Å². The van der Waals surface area contributed by atoms with Crippen molar-refractivity contribution in [2.24, 2.45) is 0 Å². The molecule has 67 valence electrons. The first-order valence-corrected chi connectivity index (χ1v) is 1.51. The average molecular weight is 279 g/mol. The maximum absolute atomic E-state index is 9.49. The van der Waals surface area contributed by atoms with Gasteiger partial charge in [-0.1, -0.05) is 6.58 Å². The second-order valence-electron chi connectivity index (χ2n) is 1.07. The van der Waals surface area contributed by atoms with Crippen LogP contribution in [-0.2, 0) is 22.2 Å². The van der Waals surface area contributed by atoms with Crippen LogP contribution in [0.2, 0.25) is 0 Å². The molecule has 0 rings (SSSR count). The first-order valence-electron chi connectivity index (χ1n) is 1.51. The van der Waals surface area contributed by atoms with Crippen LogP contribution in [0.5, 0.6) is 0 Å². The summed E-state index contributed by atoms with van der Waals surface area (Å²) >= 11 is 0. The fraction of sp³-hybridized carbons (Fsp3) is 0.250. The maximum atomic E-state index is 9.49. The number of carbonyl (C=O) groups is 1. The first kappa shape index (κ1) is 40.6. The molecular weight excluding hydrogens is 274 g/mol. The monoisotopic (exact) mass is 277 g/mol. The van der Waals surface area contributed by atoms with Crippen molar-refractivity contribution in [2.45, 2.75) is 6.92 Å². The zero-order valence-electron chi connectivity index (χ0n) is 5.44. The van der Waals surface area contributed by atoms with Crippen molar-refractivity contribution in [3.8, 4) is 0 Å². The number of rotatable bonds is 1. The van der Waals surface area contributed by atoms with Gasteiger partial charge < -0.3 is 59.5 Å². The summed E-state index contributed by atoms with van der Waals surface area (Å²) < 4.78 is 0. The Morgan fingerprint density at radius 1 is 1.18 bits per heavy atom. The summed E-state index contributed by atoms with van der Waals surface area (Å²) in [5, 5.41) is 9.49. The average Bonchev–Trinajstić information content (AvgIpc) is 1.36. The van der Waals surface area contributed by atoms with Crippen molar-refractivity contribution in [2.75, 3.05) is 0 Å². The van der Waals surface area contributed by atoms with Gasteiger partial charge in [-0.15, -0.1) is 0 Å².